The maximum absolute atomic E-state index is 5.62. The summed E-state index contributed by atoms with van der Waals surface area (Å²) < 4.78 is 4.89. The topological polar surface area (TPSA) is 89.9 Å². The number of hydrogen-bond donors (Lipinski definition) is 2. The van der Waals surface area contributed by atoms with Gasteiger partial charge in [0.1, 0.15) is 17.5 Å². The Morgan fingerprint density at radius 2 is 1.84 bits per heavy atom. The SMILES string of the molecule is CC(C)(C)c1c[c-]no1.Cc1nc(N)cc(Nc2cc[c-]cc2)n1.[K+]. The summed E-state index contributed by atoms with van der Waals surface area (Å²) in [4.78, 5) is 8.21. The van der Waals surface area contributed by atoms with E-state index >= 15 is 0 Å². The average Bonchev–Trinajstić information content (AvgIpc) is 3.02. The van der Waals surface area contributed by atoms with Gasteiger partial charge in [-0.05, 0) is 18.1 Å². The molecule has 6 nitrogen and oxygen atoms in total. The van der Waals surface area contributed by atoms with Crippen LogP contribution in [0.4, 0.5) is 17.3 Å². The van der Waals surface area contributed by atoms with Crippen molar-refractivity contribution in [2.24, 2.45) is 0 Å². The smallest absolute Gasteiger partial charge is 0.470 e. The minimum absolute atomic E-state index is 0. The molecule has 0 amide bonds. The minimum atomic E-state index is 0. The van der Waals surface area contributed by atoms with E-state index in [1.54, 1.807) is 19.1 Å². The van der Waals surface area contributed by atoms with Crippen molar-refractivity contribution in [2.75, 3.05) is 11.1 Å². The first-order valence-electron chi connectivity index (χ1n) is 7.52. The third kappa shape index (κ3) is 7.66. The maximum atomic E-state index is 5.62. The first kappa shape index (κ1) is 21.8. The van der Waals surface area contributed by atoms with Gasteiger partial charge in [-0.15, -0.1) is 18.3 Å². The summed E-state index contributed by atoms with van der Waals surface area (Å²) in [6.07, 6.45) is 2.62. The molecule has 2 aromatic heterocycles. The van der Waals surface area contributed by atoms with Gasteiger partial charge in [-0.3, -0.25) is 0 Å². The fourth-order valence-corrected chi connectivity index (χ4v) is 1.81. The molecule has 3 rings (SSSR count). The van der Waals surface area contributed by atoms with E-state index in [0.717, 1.165) is 11.4 Å². The van der Waals surface area contributed by atoms with Crippen LogP contribution in [-0.4, -0.2) is 15.1 Å². The molecule has 0 aliphatic heterocycles. The summed E-state index contributed by atoms with van der Waals surface area (Å²) in [7, 11) is 0. The van der Waals surface area contributed by atoms with Crippen LogP contribution in [-0.2, 0) is 5.41 Å². The van der Waals surface area contributed by atoms with Crippen molar-refractivity contribution in [2.45, 2.75) is 33.1 Å². The number of aryl methyl sites for hydroxylation is 1. The Morgan fingerprint density at radius 1 is 1.16 bits per heavy atom. The molecule has 0 atom stereocenters. The molecule has 0 aliphatic carbocycles. The van der Waals surface area contributed by atoms with E-state index in [4.69, 9.17) is 10.3 Å². The van der Waals surface area contributed by atoms with Crippen LogP contribution in [0.5, 0.6) is 0 Å². The van der Waals surface area contributed by atoms with Crippen molar-refractivity contribution < 1.29 is 55.9 Å². The first-order valence-corrected chi connectivity index (χ1v) is 7.52. The molecule has 7 heteroatoms. The summed E-state index contributed by atoms with van der Waals surface area (Å²) >= 11 is 0. The van der Waals surface area contributed by atoms with Crippen LogP contribution in [0.3, 0.4) is 0 Å². The molecule has 0 saturated heterocycles. The molecule has 0 spiro atoms. The van der Waals surface area contributed by atoms with Gasteiger partial charge < -0.3 is 15.6 Å². The third-order valence-electron chi connectivity index (χ3n) is 2.98. The first-order chi connectivity index (χ1) is 11.3. The van der Waals surface area contributed by atoms with E-state index < -0.39 is 0 Å². The number of benzene rings is 1. The molecule has 126 valence electrons. The van der Waals surface area contributed by atoms with Gasteiger partial charge in [-0.2, -0.15) is 24.3 Å². The molecule has 0 aliphatic rings. The van der Waals surface area contributed by atoms with Gasteiger partial charge in [-0.1, -0.05) is 26.5 Å². The number of hydrogen-bond acceptors (Lipinski definition) is 6. The normalized spacial score (nSPS) is 10.2. The second-order valence-electron chi connectivity index (χ2n) is 6.21. The summed E-state index contributed by atoms with van der Waals surface area (Å²) in [5, 5.41) is 6.62. The van der Waals surface area contributed by atoms with E-state index in [9.17, 15) is 0 Å². The molecule has 25 heavy (non-hydrogen) atoms. The fraction of sp³-hybridized carbons (Fsp3) is 0.278. The van der Waals surface area contributed by atoms with Gasteiger partial charge in [0.15, 0.2) is 0 Å². The summed E-state index contributed by atoms with van der Waals surface area (Å²) in [5.74, 6) is 2.70. The molecule has 0 bridgehead atoms. The number of nitrogens with zero attached hydrogens (tertiary/aromatic N) is 3. The van der Waals surface area contributed by atoms with Gasteiger partial charge >= 0.3 is 51.4 Å². The Kier molecular flexibility index (Phi) is 8.74. The van der Waals surface area contributed by atoms with Crippen molar-refractivity contribution in [3.8, 4) is 0 Å². The van der Waals surface area contributed by atoms with E-state index in [2.05, 4.69) is 53.5 Å². The number of aromatic nitrogens is 3. The Morgan fingerprint density at radius 3 is 2.32 bits per heavy atom. The number of nitrogens with one attached hydrogen (secondary N) is 1. The van der Waals surface area contributed by atoms with Crippen molar-refractivity contribution >= 4 is 17.3 Å². The van der Waals surface area contributed by atoms with E-state index in [0.29, 0.717) is 17.5 Å². The Hall–Kier alpha value is -1.25. The number of nitrogen functional groups attached to an aromatic ring is 1. The molecule has 0 fully saturated rings. The van der Waals surface area contributed by atoms with Gasteiger partial charge in [0.05, 0.1) is 0 Å². The monoisotopic (exact) mass is 362 g/mol. The molecular formula is C18H21KN5O-. The Labute approximate surface area is 191 Å². The zero-order valence-electron chi connectivity index (χ0n) is 15.3. The van der Waals surface area contributed by atoms with Crippen molar-refractivity contribution in [1.29, 1.82) is 0 Å². The van der Waals surface area contributed by atoms with E-state index in [1.807, 2.05) is 24.3 Å². The van der Waals surface area contributed by atoms with Crippen LogP contribution in [0.1, 0.15) is 32.4 Å². The second kappa shape index (κ2) is 10.0. The predicted octanol–water partition coefficient (Wildman–Crippen LogP) is 0.687. The molecular weight excluding hydrogens is 341 g/mol. The van der Waals surface area contributed by atoms with Crippen LogP contribution in [0.15, 0.2) is 40.9 Å². The molecule has 0 saturated carbocycles. The second-order valence-corrected chi connectivity index (χ2v) is 6.21. The largest absolute Gasteiger partial charge is 1.00 e. The zero-order chi connectivity index (χ0) is 17.6. The summed E-state index contributed by atoms with van der Waals surface area (Å²) in [6, 6.07) is 13.9. The van der Waals surface area contributed by atoms with Gasteiger partial charge in [0.25, 0.3) is 0 Å². The maximum Gasteiger partial charge on any atom is 1.00 e. The molecule has 0 unspecified atom stereocenters. The van der Waals surface area contributed by atoms with Gasteiger partial charge in [0.2, 0.25) is 0 Å². The number of rotatable bonds is 2. The molecule has 3 N–H and O–H groups in total. The van der Waals surface area contributed by atoms with Gasteiger partial charge in [-0.25, -0.2) is 15.1 Å². The zero-order valence-corrected chi connectivity index (χ0v) is 18.4. The van der Waals surface area contributed by atoms with E-state index in [-0.39, 0.29) is 56.8 Å². The molecule has 1 aromatic carbocycles. The van der Waals surface area contributed by atoms with Crippen molar-refractivity contribution in [3.05, 3.63) is 60.2 Å². The number of nitrogens with two attached hydrogens (primary N) is 1. The molecule has 2 heterocycles. The van der Waals surface area contributed by atoms with Crippen LogP contribution < -0.4 is 62.4 Å². The Balaban J connectivity index is 0.000000270. The van der Waals surface area contributed by atoms with Crippen molar-refractivity contribution in [1.82, 2.24) is 15.1 Å². The van der Waals surface area contributed by atoms with Crippen LogP contribution in [0.25, 0.3) is 0 Å². The third-order valence-corrected chi connectivity index (χ3v) is 2.98. The summed E-state index contributed by atoms with van der Waals surface area (Å²) in [6.45, 7) is 8.02. The van der Waals surface area contributed by atoms with Crippen molar-refractivity contribution in [3.63, 3.8) is 0 Å². The quantitative estimate of drug-likeness (QED) is 0.515. The predicted molar refractivity (Wildman–Crippen MR) is 93.8 cm³/mol. The Bertz CT molecular complexity index is 735. The summed E-state index contributed by atoms with van der Waals surface area (Å²) in [5.41, 5.74) is 6.63. The van der Waals surface area contributed by atoms with Crippen LogP contribution >= 0.6 is 0 Å². The standard InChI is InChI=1S/C11H11N4.C7H10NO.K/c1-8-13-10(12)7-11(14-8)15-9-5-3-2-4-6-9;1-7(2,3)6-4-5-8-9-6;/h3-7H,1H3,(H3,12,13,14,15);4H,1-3H3;/q2*-1;+1. The van der Waals surface area contributed by atoms with Crippen LogP contribution in [0, 0.1) is 19.2 Å². The number of anilines is 3. The molecule has 3 aromatic rings. The van der Waals surface area contributed by atoms with Gasteiger partial charge in [0, 0.05) is 6.07 Å². The van der Waals surface area contributed by atoms with Crippen LogP contribution in [0.2, 0.25) is 0 Å². The fourth-order valence-electron chi connectivity index (χ4n) is 1.81. The van der Waals surface area contributed by atoms with E-state index in [1.165, 1.54) is 0 Å². The molecule has 0 radical (unpaired) electrons. The average molecular weight is 362 g/mol. The minimum Gasteiger partial charge on any atom is -0.470 e.